The Kier molecular flexibility index (Phi) is 11.5. The Morgan fingerprint density at radius 2 is 1.88 bits per heavy atom. The lowest BCUT2D eigenvalue weighted by Gasteiger charge is -2.62. The van der Waals surface area contributed by atoms with Crippen LogP contribution in [0.25, 0.3) is 11.2 Å². The second-order valence-corrected chi connectivity index (χ2v) is 19.4. The molecule has 3 aromatic rings. The number of imidazole rings is 1. The van der Waals surface area contributed by atoms with Crippen molar-refractivity contribution in [3.8, 4) is 0 Å². The molecule has 5 N–H and O–H groups in total. The predicted octanol–water partition coefficient (Wildman–Crippen LogP) is 5.52. The summed E-state index contributed by atoms with van der Waals surface area (Å²) >= 11 is 1.60. The number of aryl methyl sites for hydroxylation is 1. The number of ether oxygens (including phenoxy) is 2. The molecule has 3 aromatic heterocycles. The predicted molar refractivity (Wildman–Crippen MR) is 211 cm³/mol. The molecule has 8 rings (SSSR count). The number of hydrogen-bond donors (Lipinski definition) is 4. The fourth-order valence-electron chi connectivity index (χ4n) is 12.5. The number of nitrogens with zero attached hydrogens (tertiary/aromatic N) is 7. The van der Waals surface area contributed by atoms with Crippen LogP contribution in [0.5, 0.6) is 0 Å². The number of aliphatic hydroxyl groups excluding tert-OH is 3. The van der Waals surface area contributed by atoms with Crippen molar-refractivity contribution in [2.75, 3.05) is 25.2 Å². The zero-order chi connectivity index (χ0) is 39.4. The van der Waals surface area contributed by atoms with Gasteiger partial charge in [-0.05, 0) is 123 Å². The highest BCUT2D eigenvalue weighted by Gasteiger charge is 2.63. The van der Waals surface area contributed by atoms with Crippen LogP contribution in [0.2, 0.25) is 0 Å². The van der Waals surface area contributed by atoms with E-state index in [1.54, 1.807) is 11.8 Å². The van der Waals surface area contributed by atoms with E-state index in [0.717, 1.165) is 56.4 Å². The average Bonchev–Trinajstić information content (AvgIpc) is 3.98. The molecule has 4 aliphatic carbocycles. The first kappa shape index (κ1) is 40.0. The van der Waals surface area contributed by atoms with Gasteiger partial charge in [0.05, 0.1) is 37.7 Å². The number of unbranched alkanes of at least 4 members (excludes halogenated alkanes) is 1. The molecule has 0 spiro atoms. The Morgan fingerprint density at radius 3 is 2.66 bits per heavy atom. The molecule has 1 saturated heterocycles. The number of aromatic nitrogens is 7. The fraction of sp³-hybridized carbons (Fsp3) is 0.805. The van der Waals surface area contributed by atoms with Gasteiger partial charge in [-0.1, -0.05) is 37.7 Å². The van der Waals surface area contributed by atoms with E-state index < -0.39 is 18.4 Å². The van der Waals surface area contributed by atoms with E-state index in [-0.39, 0.29) is 29.5 Å². The molecule has 0 amide bonds. The van der Waals surface area contributed by atoms with Crippen molar-refractivity contribution >= 4 is 34.7 Å². The van der Waals surface area contributed by atoms with Gasteiger partial charge in [0, 0.05) is 24.8 Å². The van der Waals surface area contributed by atoms with Crippen molar-refractivity contribution < 1.29 is 29.6 Å². The molecule has 1 aliphatic heterocycles. The van der Waals surface area contributed by atoms with Crippen LogP contribution in [-0.4, -0.2) is 93.6 Å². The summed E-state index contributed by atoms with van der Waals surface area (Å²) in [5, 5.41) is 41.9. The van der Waals surface area contributed by atoms with Crippen molar-refractivity contribution in [3.63, 3.8) is 0 Å². The molecule has 14 nitrogen and oxygen atoms in total. The van der Waals surface area contributed by atoms with Gasteiger partial charge in [0.25, 0.3) is 0 Å². The van der Waals surface area contributed by atoms with Gasteiger partial charge in [-0.3, -0.25) is 9.36 Å². The summed E-state index contributed by atoms with van der Waals surface area (Å²) in [6, 6.07) is 0.305. The number of methoxy groups -OCH3 is 1. The highest BCUT2D eigenvalue weighted by atomic mass is 32.2. The maximum Gasteiger partial charge on any atom is 0.305 e. The number of fused-ring (bicyclic) bond motifs is 6. The van der Waals surface area contributed by atoms with Crippen LogP contribution in [0.15, 0.2) is 17.7 Å². The molecular weight excluding hydrogens is 733 g/mol. The number of carbonyl (C=O) groups is 1. The largest absolute Gasteiger partial charge is 0.469 e. The Balaban J connectivity index is 0.849. The quantitative estimate of drug-likeness (QED) is 0.0961. The van der Waals surface area contributed by atoms with Crippen LogP contribution in [-0.2, 0) is 20.7 Å². The van der Waals surface area contributed by atoms with Crippen molar-refractivity contribution in [2.45, 2.75) is 146 Å². The third-order valence-corrected chi connectivity index (χ3v) is 16.6. The van der Waals surface area contributed by atoms with Crippen molar-refractivity contribution in [3.05, 3.63) is 18.2 Å². The van der Waals surface area contributed by atoms with E-state index in [2.05, 4.69) is 51.9 Å². The van der Waals surface area contributed by atoms with E-state index in [1.807, 2.05) is 4.57 Å². The molecule has 308 valence electrons. The summed E-state index contributed by atoms with van der Waals surface area (Å²) in [6.45, 7) is 7.13. The first-order valence-corrected chi connectivity index (χ1v) is 22.1. The molecule has 56 heavy (non-hydrogen) atoms. The third kappa shape index (κ3) is 7.15. The number of rotatable bonds is 13. The molecule has 15 heteroatoms. The van der Waals surface area contributed by atoms with E-state index in [9.17, 15) is 20.1 Å². The van der Waals surface area contributed by atoms with Crippen molar-refractivity contribution in [2.24, 2.45) is 46.3 Å². The van der Waals surface area contributed by atoms with Crippen LogP contribution in [0.1, 0.15) is 122 Å². The third-order valence-electron chi connectivity index (χ3n) is 15.6. The molecule has 0 radical (unpaired) electrons. The lowest BCUT2D eigenvalue weighted by molar-refractivity contribution is -0.169. The van der Waals surface area contributed by atoms with Gasteiger partial charge in [0.1, 0.15) is 18.7 Å². The number of aliphatic hydroxyl groups is 3. The van der Waals surface area contributed by atoms with Gasteiger partial charge < -0.3 is 30.5 Å². The number of nitrogens with two attached hydrogens (primary N) is 1. The summed E-state index contributed by atoms with van der Waals surface area (Å²) in [5.74, 6) is 4.03. The summed E-state index contributed by atoms with van der Waals surface area (Å²) in [6.07, 6.45) is 14.8. The van der Waals surface area contributed by atoms with Gasteiger partial charge in [-0.25, -0.2) is 19.6 Å². The Labute approximate surface area is 334 Å². The number of thioether (sulfide) groups is 1. The Morgan fingerprint density at radius 1 is 1.07 bits per heavy atom. The van der Waals surface area contributed by atoms with Gasteiger partial charge in [0.15, 0.2) is 22.1 Å². The summed E-state index contributed by atoms with van der Waals surface area (Å²) in [4.78, 5) is 25.2. The molecule has 5 aliphatic rings. The number of nitrogen functional groups attached to an aromatic ring is 1. The van der Waals surface area contributed by atoms with Crippen LogP contribution >= 0.6 is 11.8 Å². The fourth-order valence-corrected chi connectivity index (χ4v) is 13.6. The van der Waals surface area contributed by atoms with Gasteiger partial charge in [0.2, 0.25) is 0 Å². The van der Waals surface area contributed by atoms with Gasteiger partial charge >= 0.3 is 5.97 Å². The maximum absolute atomic E-state index is 11.9. The number of anilines is 1. The van der Waals surface area contributed by atoms with Crippen molar-refractivity contribution in [1.82, 2.24) is 34.5 Å². The standard InChI is InChI=1S/C41H62N8O6S/c1-23(8-11-34(53)54-4)27-9-10-28-35-29(13-15-41(27,28)3)40(2)14-12-26(17-24(40)18-31(35)52)48-20-25(46-47-48)7-5-6-16-56-39-45-36-37(42)43-22-44-38(36)49(39)33-19-30(51)32(21-50)55-33/h20,22-24,26-33,35,50-52H,5-19,21H2,1-4H3,(H2,42,43,44)/t23-,24+,26-,27-,28+,29+,30+,31-,32-,33-,35+,40+,41-/m1/s1. The second-order valence-electron chi connectivity index (χ2n) is 18.4. The number of esters is 1. The van der Waals surface area contributed by atoms with E-state index in [4.69, 9.17) is 20.2 Å². The molecule has 0 aromatic carbocycles. The summed E-state index contributed by atoms with van der Waals surface area (Å²) in [7, 11) is 1.48. The van der Waals surface area contributed by atoms with E-state index >= 15 is 0 Å². The average molecular weight is 795 g/mol. The maximum atomic E-state index is 11.9. The molecular formula is C41H62N8O6S. The van der Waals surface area contributed by atoms with Crippen LogP contribution in [0, 0.1) is 46.3 Å². The van der Waals surface area contributed by atoms with Crippen LogP contribution < -0.4 is 5.73 Å². The highest BCUT2D eigenvalue weighted by Crippen LogP contribution is 2.69. The monoisotopic (exact) mass is 794 g/mol. The minimum absolute atomic E-state index is 0.110. The molecule has 0 unspecified atom stereocenters. The van der Waals surface area contributed by atoms with Crippen LogP contribution in [0.3, 0.4) is 0 Å². The highest BCUT2D eigenvalue weighted by molar-refractivity contribution is 7.99. The zero-order valence-electron chi connectivity index (χ0n) is 33.5. The van der Waals surface area contributed by atoms with Gasteiger partial charge in [-0.15, -0.1) is 5.10 Å². The summed E-state index contributed by atoms with van der Waals surface area (Å²) in [5.41, 5.74) is 8.67. The minimum atomic E-state index is -0.775. The first-order chi connectivity index (χ1) is 26.9. The van der Waals surface area contributed by atoms with Crippen molar-refractivity contribution in [1.29, 1.82) is 0 Å². The first-order valence-electron chi connectivity index (χ1n) is 21.2. The number of hydrogen-bond acceptors (Lipinski definition) is 13. The Hall–Kier alpha value is -2.85. The number of carbonyl (C=O) groups excluding carboxylic acids is 1. The summed E-state index contributed by atoms with van der Waals surface area (Å²) < 4.78 is 14.9. The zero-order valence-corrected chi connectivity index (χ0v) is 34.3. The second kappa shape index (κ2) is 16.1. The molecule has 5 fully saturated rings. The normalized spacial score (nSPS) is 37.3. The molecule has 4 saturated carbocycles. The lowest BCUT2D eigenvalue weighted by Crippen LogP contribution is -2.58. The van der Waals surface area contributed by atoms with Gasteiger partial charge in [-0.2, -0.15) is 0 Å². The molecule has 4 heterocycles. The topological polar surface area (TPSA) is 197 Å². The van der Waals surface area contributed by atoms with E-state index in [0.29, 0.717) is 76.5 Å². The molecule has 0 bridgehead atoms. The lowest BCUT2D eigenvalue weighted by atomic mass is 9.43. The Bertz CT molecular complexity index is 1860. The SMILES string of the molecule is COC(=O)CC[C@@H](C)[C@H]1CC[C@H]2[C@@H]3[C@H](O)C[C@@H]4C[C@H](n5cc(CCCCSc6nc7c(N)ncnc7n6[C@H]6C[C@H](O)[C@@H](CO)O6)nn5)CC[C@]4(C)[C@H]3CC[C@]12C. The smallest absolute Gasteiger partial charge is 0.305 e. The molecule has 13 atom stereocenters. The minimum Gasteiger partial charge on any atom is -0.469 e. The van der Waals surface area contributed by atoms with E-state index in [1.165, 1.54) is 45.5 Å². The van der Waals surface area contributed by atoms with Crippen LogP contribution in [0.4, 0.5) is 5.82 Å².